The summed E-state index contributed by atoms with van der Waals surface area (Å²) in [5.41, 5.74) is 1.58. The van der Waals surface area contributed by atoms with Gasteiger partial charge in [0.1, 0.15) is 5.75 Å². The number of nitrogens with one attached hydrogen (secondary N) is 1. The van der Waals surface area contributed by atoms with Gasteiger partial charge in [0.2, 0.25) is 0 Å². The van der Waals surface area contributed by atoms with Gasteiger partial charge < -0.3 is 15.2 Å². The van der Waals surface area contributed by atoms with Gasteiger partial charge in [0.05, 0.1) is 11.6 Å². The van der Waals surface area contributed by atoms with Crippen LogP contribution >= 0.6 is 0 Å². The van der Waals surface area contributed by atoms with E-state index in [1.165, 1.54) is 0 Å². The van der Waals surface area contributed by atoms with Gasteiger partial charge in [-0.25, -0.2) is 0 Å². The molecule has 0 radical (unpaired) electrons. The van der Waals surface area contributed by atoms with Gasteiger partial charge in [-0.2, -0.15) is 0 Å². The smallest absolute Gasteiger partial charge is 0.307 e. The van der Waals surface area contributed by atoms with Crippen molar-refractivity contribution < 1.29 is 19.4 Å². The normalized spacial score (nSPS) is 28.9. The molecule has 3 rings (SSSR count). The lowest BCUT2D eigenvalue weighted by Gasteiger charge is -2.23. The number of amides is 1. The van der Waals surface area contributed by atoms with Gasteiger partial charge in [0.25, 0.3) is 5.91 Å². The second kappa shape index (κ2) is 3.73. The van der Waals surface area contributed by atoms with E-state index in [1.54, 1.807) is 13.0 Å². The Labute approximate surface area is 104 Å². The predicted octanol–water partition coefficient (Wildman–Crippen LogP) is 1.59. The first-order valence-electron chi connectivity index (χ1n) is 5.90. The number of hydrogen-bond acceptors (Lipinski definition) is 3. The molecule has 3 atom stereocenters. The second-order valence-corrected chi connectivity index (χ2v) is 4.79. The maximum Gasteiger partial charge on any atom is 0.307 e. The average molecular weight is 247 g/mol. The summed E-state index contributed by atoms with van der Waals surface area (Å²) < 4.78 is 5.45. The highest BCUT2D eigenvalue weighted by atomic mass is 16.5. The van der Waals surface area contributed by atoms with Gasteiger partial charge in [-0.1, -0.05) is 6.07 Å². The minimum Gasteiger partial charge on any atom is -0.481 e. The van der Waals surface area contributed by atoms with Crippen LogP contribution in [0.1, 0.15) is 24.8 Å². The van der Waals surface area contributed by atoms with Crippen molar-refractivity contribution in [3.8, 4) is 5.75 Å². The van der Waals surface area contributed by atoms with Crippen molar-refractivity contribution >= 4 is 17.6 Å². The van der Waals surface area contributed by atoms with E-state index in [4.69, 9.17) is 9.84 Å². The third-order valence-electron chi connectivity index (χ3n) is 3.47. The molecule has 1 aliphatic heterocycles. The van der Waals surface area contributed by atoms with Crippen LogP contribution in [0, 0.1) is 5.92 Å². The highest BCUT2D eigenvalue weighted by Crippen LogP contribution is 2.49. The number of carboxylic acids is 1. The molecular weight excluding hydrogens is 234 g/mol. The second-order valence-electron chi connectivity index (χ2n) is 4.79. The topological polar surface area (TPSA) is 75.6 Å². The van der Waals surface area contributed by atoms with E-state index < -0.39 is 12.1 Å². The maximum absolute atomic E-state index is 11.5. The zero-order valence-corrected chi connectivity index (χ0v) is 9.84. The van der Waals surface area contributed by atoms with Crippen molar-refractivity contribution in [2.75, 3.05) is 5.32 Å². The number of hydrogen-bond donors (Lipinski definition) is 2. The predicted molar refractivity (Wildman–Crippen MR) is 63.6 cm³/mol. The summed E-state index contributed by atoms with van der Waals surface area (Å²) in [5.74, 6) is -0.526. The minimum absolute atomic E-state index is 0.0593. The Hall–Kier alpha value is -2.04. The fourth-order valence-corrected chi connectivity index (χ4v) is 2.29. The van der Waals surface area contributed by atoms with Gasteiger partial charge in [-0.05, 0) is 37.0 Å². The van der Waals surface area contributed by atoms with Crippen LogP contribution in [0.15, 0.2) is 18.2 Å². The van der Waals surface area contributed by atoms with E-state index in [2.05, 4.69) is 5.32 Å². The van der Waals surface area contributed by atoms with Gasteiger partial charge in [-0.3, -0.25) is 9.59 Å². The summed E-state index contributed by atoms with van der Waals surface area (Å²) in [4.78, 5) is 22.3. The molecule has 94 valence electrons. The van der Waals surface area contributed by atoms with Gasteiger partial charge >= 0.3 is 5.97 Å². The van der Waals surface area contributed by atoms with Crippen molar-refractivity contribution in [2.24, 2.45) is 5.92 Å². The summed E-state index contributed by atoms with van der Waals surface area (Å²) >= 11 is 0. The molecule has 0 spiro atoms. The van der Waals surface area contributed by atoms with Gasteiger partial charge in [0.15, 0.2) is 6.10 Å². The van der Waals surface area contributed by atoms with Crippen LogP contribution in [0.5, 0.6) is 5.75 Å². The van der Waals surface area contributed by atoms with E-state index in [9.17, 15) is 9.59 Å². The van der Waals surface area contributed by atoms with Crippen LogP contribution in [-0.2, 0) is 9.59 Å². The lowest BCUT2D eigenvalue weighted by atomic mass is 10.1. The summed E-state index contributed by atoms with van der Waals surface area (Å²) in [6, 6.07) is 5.47. The molecule has 1 fully saturated rings. The lowest BCUT2D eigenvalue weighted by molar-refractivity contribution is -0.138. The highest BCUT2D eigenvalue weighted by Gasteiger charge is 2.44. The van der Waals surface area contributed by atoms with Crippen molar-refractivity contribution in [1.29, 1.82) is 0 Å². The molecule has 5 nitrogen and oxygen atoms in total. The molecule has 1 aromatic rings. The molecule has 2 N–H and O–H groups in total. The number of ether oxygens (including phenoxy) is 1. The van der Waals surface area contributed by atoms with E-state index in [0.717, 1.165) is 5.56 Å². The first kappa shape index (κ1) is 11.1. The largest absolute Gasteiger partial charge is 0.481 e. The number of benzene rings is 1. The first-order valence-corrected chi connectivity index (χ1v) is 5.90. The number of rotatable bonds is 2. The first-order chi connectivity index (χ1) is 8.56. The molecule has 5 heteroatoms. The molecular formula is C13H13NO4. The van der Waals surface area contributed by atoms with Gasteiger partial charge in [-0.15, -0.1) is 0 Å². The fourth-order valence-electron chi connectivity index (χ4n) is 2.29. The molecule has 1 amide bonds. The number of anilines is 1. The molecule has 1 aliphatic carbocycles. The summed E-state index contributed by atoms with van der Waals surface area (Å²) in [7, 11) is 0. The zero-order chi connectivity index (χ0) is 12.9. The van der Waals surface area contributed by atoms with E-state index in [0.29, 0.717) is 17.9 Å². The van der Waals surface area contributed by atoms with Crippen molar-refractivity contribution in [3.63, 3.8) is 0 Å². The number of aliphatic carboxylic acids is 1. The van der Waals surface area contributed by atoms with Crippen LogP contribution in [0.25, 0.3) is 0 Å². The third-order valence-corrected chi connectivity index (χ3v) is 3.47. The van der Waals surface area contributed by atoms with Crippen molar-refractivity contribution in [1.82, 2.24) is 0 Å². The molecule has 18 heavy (non-hydrogen) atoms. The van der Waals surface area contributed by atoms with E-state index in [-0.39, 0.29) is 17.7 Å². The van der Waals surface area contributed by atoms with Gasteiger partial charge in [0, 0.05) is 0 Å². The Morgan fingerprint density at radius 1 is 1.50 bits per heavy atom. The maximum atomic E-state index is 11.5. The molecule has 0 saturated heterocycles. The number of fused-ring (bicyclic) bond motifs is 1. The third kappa shape index (κ3) is 1.72. The Morgan fingerprint density at radius 2 is 2.28 bits per heavy atom. The lowest BCUT2D eigenvalue weighted by Crippen LogP contribution is -2.34. The average Bonchev–Trinajstić information content (AvgIpc) is 3.10. The van der Waals surface area contributed by atoms with Crippen LogP contribution in [0.4, 0.5) is 5.69 Å². The van der Waals surface area contributed by atoms with Crippen LogP contribution in [0.2, 0.25) is 0 Å². The molecule has 3 unspecified atom stereocenters. The number of carboxylic acid groups (broad SMARTS) is 1. The quantitative estimate of drug-likeness (QED) is 0.832. The Bertz CT molecular complexity index is 540. The molecule has 0 bridgehead atoms. The summed E-state index contributed by atoms with van der Waals surface area (Å²) in [6.07, 6.45) is 0.176. The molecule has 0 aromatic heterocycles. The minimum atomic E-state index is -0.758. The zero-order valence-electron chi connectivity index (χ0n) is 9.84. The fraction of sp³-hybridized carbons (Fsp3) is 0.385. The molecule has 1 heterocycles. The van der Waals surface area contributed by atoms with Crippen LogP contribution < -0.4 is 10.1 Å². The standard InChI is InChI=1S/C13H13NO4/c1-6-12(15)14-10-4-7(2-3-11(10)18-6)8-5-9(8)13(16)17/h2-4,6,8-9H,5H2,1H3,(H,14,15)(H,16,17). The Morgan fingerprint density at radius 3 is 2.94 bits per heavy atom. The molecule has 2 aliphatic rings. The monoisotopic (exact) mass is 247 g/mol. The highest BCUT2D eigenvalue weighted by molar-refractivity contribution is 5.97. The van der Waals surface area contributed by atoms with Crippen LogP contribution in [-0.4, -0.2) is 23.1 Å². The Balaban J connectivity index is 1.86. The van der Waals surface area contributed by atoms with E-state index in [1.807, 2.05) is 12.1 Å². The number of carbonyl (C=O) groups is 2. The summed E-state index contributed by atoms with van der Waals surface area (Å²) in [5, 5.41) is 11.7. The van der Waals surface area contributed by atoms with E-state index >= 15 is 0 Å². The van der Waals surface area contributed by atoms with Crippen molar-refractivity contribution in [2.45, 2.75) is 25.4 Å². The summed E-state index contributed by atoms with van der Waals surface area (Å²) in [6.45, 7) is 1.69. The number of carbonyl (C=O) groups excluding carboxylic acids is 1. The van der Waals surface area contributed by atoms with Crippen molar-refractivity contribution in [3.05, 3.63) is 23.8 Å². The SMILES string of the molecule is CC1Oc2ccc(C3CC3C(=O)O)cc2NC1=O. The molecule has 1 saturated carbocycles. The van der Waals surface area contributed by atoms with Crippen LogP contribution in [0.3, 0.4) is 0 Å². The molecule has 1 aromatic carbocycles. The Kier molecular flexibility index (Phi) is 2.29.